The molecule has 0 saturated carbocycles. The molecular formula is C11H15BrN2O2. The molecule has 0 atom stereocenters. The molecular weight excluding hydrogens is 272 g/mol. The van der Waals surface area contributed by atoms with Crippen molar-refractivity contribution >= 4 is 21.8 Å². The molecule has 0 fully saturated rings. The van der Waals surface area contributed by atoms with Gasteiger partial charge in [0.2, 0.25) is 0 Å². The second-order valence-corrected chi connectivity index (χ2v) is 4.92. The Labute approximate surface area is 104 Å². The van der Waals surface area contributed by atoms with Gasteiger partial charge in [-0.2, -0.15) is 0 Å². The fourth-order valence-electron chi connectivity index (χ4n) is 0.966. The predicted octanol–water partition coefficient (Wildman–Crippen LogP) is 2.00. The summed E-state index contributed by atoms with van der Waals surface area (Å²) in [6.07, 6.45) is 1.59. The Morgan fingerprint density at radius 2 is 2.25 bits per heavy atom. The molecule has 0 aliphatic rings. The first-order valence-corrected chi connectivity index (χ1v) is 5.69. The van der Waals surface area contributed by atoms with Crippen molar-refractivity contribution in [2.45, 2.75) is 19.4 Å². The third-order valence-electron chi connectivity index (χ3n) is 2.19. The number of hydrogen-bond acceptors (Lipinski definition) is 3. The van der Waals surface area contributed by atoms with Crippen LogP contribution in [0.5, 0.6) is 0 Å². The number of hydrogen-bond donors (Lipinski definition) is 1. The van der Waals surface area contributed by atoms with E-state index in [2.05, 4.69) is 26.2 Å². The van der Waals surface area contributed by atoms with Gasteiger partial charge < -0.3 is 10.1 Å². The fourth-order valence-corrected chi connectivity index (χ4v) is 1.20. The Bertz CT molecular complexity index is 363. The highest BCUT2D eigenvalue weighted by molar-refractivity contribution is 9.10. The summed E-state index contributed by atoms with van der Waals surface area (Å²) < 4.78 is 6.05. The quantitative estimate of drug-likeness (QED) is 0.921. The van der Waals surface area contributed by atoms with Gasteiger partial charge in [-0.25, -0.2) is 4.98 Å². The van der Waals surface area contributed by atoms with Crippen LogP contribution >= 0.6 is 15.9 Å². The smallest absolute Gasteiger partial charge is 0.269 e. The molecule has 1 aromatic rings. The molecule has 5 heteroatoms. The molecule has 0 radical (unpaired) electrons. The first-order valence-electron chi connectivity index (χ1n) is 4.89. The molecule has 16 heavy (non-hydrogen) atoms. The average Bonchev–Trinajstić information content (AvgIpc) is 2.27. The largest absolute Gasteiger partial charge is 0.377 e. The number of nitrogens with zero attached hydrogens (tertiary/aromatic N) is 1. The van der Waals surface area contributed by atoms with Crippen molar-refractivity contribution in [3.05, 3.63) is 28.5 Å². The summed E-state index contributed by atoms with van der Waals surface area (Å²) in [7, 11) is 1.62. The van der Waals surface area contributed by atoms with Crippen LogP contribution in [0.15, 0.2) is 22.8 Å². The summed E-state index contributed by atoms with van der Waals surface area (Å²) in [5, 5.41) is 2.77. The predicted molar refractivity (Wildman–Crippen MR) is 65.4 cm³/mol. The third-order valence-corrected chi connectivity index (χ3v) is 2.66. The SMILES string of the molecule is COC(C)(C)CNC(=O)c1ccc(Br)cn1. The first kappa shape index (κ1) is 13.1. The summed E-state index contributed by atoms with van der Waals surface area (Å²) in [6, 6.07) is 3.45. The Morgan fingerprint density at radius 1 is 1.56 bits per heavy atom. The van der Waals surface area contributed by atoms with Crippen molar-refractivity contribution in [2.75, 3.05) is 13.7 Å². The van der Waals surface area contributed by atoms with Gasteiger partial charge in [-0.1, -0.05) is 0 Å². The van der Waals surface area contributed by atoms with Crippen molar-refractivity contribution in [2.24, 2.45) is 0 Å². The van der Waals surface area contributed by atoms with Crippen LogP contribution < -0.4 is 5.32 Å². The maximum absolute atomic E-state index is 11.7. The average molecular weight is 287 g/mol. The summed E-state index contributed by atoms with van der Waals surface area (Å²) in [6.45, 7) is 4.25. The van der Waals surface area contributed by atoms with Crippen LogP contribution in [0.25, 0.3) is 0 Å². The topological polar surface area (TPSA) is 51.2 Å². The molecule has 1 rings (SSSR count). The zero-order valence-electron chi connectivity index (χ0n) is 9.58. The van der Waals surface area contributed by atoms with E-state index in [1.807, 2.05) is 13.8 Å². The number of rotatable bonds is 4. The van der Waals surface area contributed by atoms with Gasteiger partial charge in [-0.05, 0) is 41.9 Å². The third kappa shape index (κ3) is 3.90. The molecule has 1 aromatic heterocycles. The van der Waals surface area contributed by atoms with E-state index >= 15 is 0 Å². The molecule has 1 N–H and O–H groups in total. The Morgan fingerprint density at radius 3 is 2.75 bits per heavy atom. The highest BCUT2D eigenvalue weighted by Gasteiger charge is 2.18. The van der Waals surface area contributed by atoms with Crippen LogP contribution in [-0.2, 0) is 4.74 Å². The number of aromatic nitrogens is 1. The minimum absolute atomic E-state index is 0.197. The number of amides is 1. The summed E-state index contributed by atoms with van der Waals surface area (Å²) in [4.78, 5) is 15.7. The Kier molecular flexibility index (Phi) is 4.44. The van der Waals surface area contributed by atoms with Crippen molar-refractivity contribution in [3.8, 4) is 0 Å². The molecule has 0 aromatic carbocycles. The van der Waals surface area contributed by atoms with E-state index in [0.29, 0.717) is 12.2 Å². The van der Waals surface area contributed by atoms with E-state index in [9.17, 15) is 4.79 Å². The Balaban J connectivity index is 2.56. The van der Waals surface area contributed by atoms with Gasteiger partial charge in [-0.15, -0.1) is 0 Å². The van der Waals surface area contributed by atoms with E-state index in [1.165, 1.54) is 0 Å². The number of carbonyl (C=O) groups is 1. The van der Waals surface area contributed by atoms with Gasteiger partial charge in [-0.3, -0.25) is 4.79 Å². The second kappa shape index (κ2) is 5.41. The van der Waals surface area contributed by atoms with Gasteiger partial charge in [0.15, 0.2) is 0 Å². The molecule has 88 valence electrons. The molecule has 4 nitrogen and oxygen atoms in total. The normalized spacial score (nSPS) is 11.2. The summed E-state index contributed by atoms with van der Waals surface area (Å²) >= 11 is 3.26. The van der Waals surface area contributed by atoms with E-state index in [-0.39, 0.29) is 11.5 Å². The van der Waals surface area contributed by atoms with Gasteiger partial charge in [0.25, 0.3) is 5.91 Å². The van der Waals surface area contributed by atoms with Gasteiger partial charge >= 0.3 is 0 Å². The fraction of sp³-hybridized carbons (Fsp3) is 0.455. The molecule has 0 unspecified atom stereocenters. The van der Waals surface area contributed by atoms with E-state index in [1.54, 1.807) is 25.4 Å². The monoisotopic (exact) mass is 286 g/mol. The lowest BCUT2D eigenvalue weighted by Gasteiger charge is -2.22. The molecule has 0 saturated heterocycles. The summed E-state index contributed by atoms with van der Waals surface area (Å²) in [5.74, 6) is -0.197. The van der Waals surface area contributed by atoms with Crippen molar-refractivity contribution in [1.82, 2.24) is 10.3 Å². The van der Waals surface area contributed by atoms with Crippen molar-refractivity contribution in [3.63, 3.8) is 0 Å². The molecule has 1 heterocycles. The van der Waals surface area contributed by atoms with Crippen molar-refractivity contribution in [1.29, 1.82) is 0 Å². The minimum Gasteiger partial charge on any atom is -0.377 e. The van der Waals surface area contributed by atoms with Crippen LogP contribution in [0, 0.1) is 0 Å². The molecule has 0 aliphatic carbocycles. The first-order chi connectivity index (χ1) is 7.44. The lowest BCUT2D eigenvalue weighted by molar-refractivity contribution is 0.0228. The van der Waals surface area contributed by atoms with Crippen LogP contribution in [0.3, 0.4) is 0 Å². The standard InChI is InChI=1S/C11H15BrN2O2/c1-11(2,16-3)7-14-10(15)9-5-4-8(12)6-13-9/h4-6H,7H2,1-3H3,(H,14,15). The van der Waals surface area contributed by atoms with E-state index in [4.69, 9.17) is 4.74 Å². The van der Waals surface area contributed by atoms with Crippen molar-refractivity contribution < 1.29 is 9.53 Å². The lowest BCUT2D eigenvalue weighted by Crippen LogP contribution is -2.39. The minimum atomic E-state index is -0.370. The maximum Gasteiger partial charge on any atom is 0.269 e. The molecule has 1 amide bonds. The second-order valence-electron chi connectivity index (χ2n) is 4.01. The molecule has 0 aliphatic heterocycles. The summed E-state index contributed by atoms with van der Waals surface area (Å²) in [5.41, 5.74) is 0.0282. The number of carbonyl (C=O) groups excluding carboxylic acids is 1. The highest BCUT2D eigenvalue weighted by atomic mass is 79.9. The zero-order chi connectivity index (χ0) is 12.2. The van der Waals surface area contributed by atoms with Crippen LogP contribution in [-0.4, -0.2) is 30.1 Å². The number of nitrogens with one attached hydrogen (secondary N) is 1. The number of methoxy groups -OCH3 is 1. The number of pyridine rings is 1. The van der Waals surface area contributed by atoms with Crippen LogP contribution in [0.4, 0.5) is 0 Å². The maximum atomic E-state index is 11.7. The molecule has 0 spiro atoms. The van der Waals surface area contributed by atoms with E-state index in [0.717, 1.165) is 4.47 Å². The zero-order valence-corrected chi connectivity index (χ0v) is 11.2. The van der Waals surface area contributed by atoms with Crippen LogP contribution in [0.2, 0.25) is 0 Å². The number of halogens is 1. The Hall–Kier alpha value is -0.940. The van der Waals surface area contributed by atoms with Gasteiger partial charge in [0, 0.05) is 24.3 Å². The number of ether oxygens (including phenoxy) is 1. The molecule has 0 bridgehead atoms. The van der Waals surface area contributed by atoms with E-state index < -0.39 is 0 Å². The highest BCUT2D eigenvalue weighted by Crippen LogP contribution is 2.08. The van der Waals surface area contributed by atoms with Gasteiger partial charge in [0.05, 0.1) is 5.60 Å². The van der Waals surface area contributed by atoms with Crippen LogP contribution in [0.1, 0.15) is 24.3 Å². The van der Waals surface area contributed by atoms with Gasteiger partial charge in [0.1, 0.15) is 5.69 Å². The lowest BCUT2D eigenvalue weighted by atomic mass is 10.1.